The van der Waals surface area contributed by atoms with Crippen molar-refractivity contribution in [1.29, 1.82) is 0 Å². The van der Waals surface area contributed by atoms with Crippen LogP contribution in [-0.2, 0) is 4.79 Å². The molecule has 1 N–H and O–H groups in total. The molecule has 1 saturated carbocycles. The van der Waals surface area contributed by atoms with Crippen molar-refractivity contribution in [3.05, 3.63) is 65.7 Å². The van der Waals surface area contributed by atoms with E-state index in [1.165, 1.54) is 0 Å². The average Bonchev–Trinajstić information content (AvgIpc) is 2.82. The Morgan fingerprint density at radius 2 is 1.94 bits per heavy atom. The van der Waals surface area contributed by atoms with Crippen molar-refractivity contribution in [3.8, 4) is 11.5 Å². The number of carbonyl (C=O) groups is 1. The van der Waals surface area contributed by atoms with Crippen LogP contribution in [0, 0.1) is 5.92 Å². The van der Waals surface area contributed by atoms with Gasteiger partial charge in [-0.3, -0.25) is 4.79 Å². The lowest BCUT2D eigenvalue weighted by Gasteiger charge is -2.52. The van der Waals surface area contributed by atoms with E-state index in [9.17, 15) is 9.90 Å². The number of ether oxygens (including phenoxy) is 2. The Labute approximate surface area is 190 Å². The molecule has 4 rings (SSSR count). The normalized spacial score (nSPS) is 25.4. The van der Waals surface area contributed by atoms with E-state index >= 15 is 0 Å². The molecular weight excluding hydrogens is 402 g/mol. The molecule has 2 aromatic carbocycles. The molecule has 5 heteroatoms. The Morgan fingerprint density at radius 3 is 2.69 bits per heavy atom. The number of benzene rings is 2. The number of fused-ring (bicyclic) bond motifs is 1. The highest BCUT2D eigenvalue weighted by molar-refractivity contribution is 5.92. The van der Waals surface area contributed by atoms with Gasteiger partial charge in [-0.05, 0) is 56.0 Å². The number of hydrogen-bond acceptors (Lipinski definition) is 4. The molecule has 32 heavy (non-hydrogen) atoms. The Balaban J connectivity index is 1.66. The van der Waals surface area contributed by atoms with Crippen LogP contribution in [0.25, 0.3) is 6.08 Å². The second-order valence-electron chi connectivity index (χ2n) is 8.76. The van der Waals surface area contributed by atoms with Gasteiger partial charge in [-0.2, -0.15) is 0 Å². The number of carbonyl (C=O) groups excluding carboxylic acids is 1. The van der Waals surface area contributed by atoms with Crippen LogP contribution in [0.15, 0.2) is 54.6 Å². The SMILES string of the molecule is CCOc1ccccc1[C@@H]1[C@@H]2CCCC[C@@]2(O)CCN1C(=O)/C=C/c1ccc(OC)cc1. The van der Waals surface area contributed by atoms with Crippen LogP contribution in [0.3, 0.4) is 0 Å². The number of nitrogens with zero attached hydrogens (tertiary/aromatic N) is 1. The third-order valence-electron chi connectivity index (χ3n) is 6.92. The number of para-hydroxylation sites is 1. The molecule has 1 heterocycles. The highest BCUT2D eigenvalue weighted by Gasteiger charge is 2.50. The van der Waals surface area contributed by atoms with Crippen LogP contribution in [0.2, 0.25) is 0 Å². The van der Waals surface area contributed by atoms with E-state index in [-0.39, 0.29) is 17.9 Å². The summed E-state index contributed by atoms with van der Waals surface area (Å²) in [5.41, 5.74) is 1.21. The van der Waals surface area contributed by atoms with Crippen molar-refractivity contribution in [3.63, 3.8) is 0 Å². The van der Waals surface area contributed by atoms with Crippen molar-refractivity contribution in [2.75, 3.05) is 20.3 Å². The Hall–Kier alpha value is -2.79. The fourth-order valence-electron chi connectivity index (χ4n) is 5.30. The summed E-state index contributed by atoms with van der Waals surface area (Å²) in [4.78, 5) is 15.4. The summed E-state index contributed by atoms with van der Waals surface area (Å²) >= 11 is 0. The van der Waals surface area contributed by atoms with Gasteiger partial charge in [0.2, 0.25) is 5.91 Å². The van der Waals surface area contributed by atoms with Gasteiger partial charge in [-0.15, -0.1) is 0 Å². The predicted octanol–water partition coefficient (Wildman–Crippen LogP) is 5.00. The monoisotopic (exact) mass is 435 g/mol. The number of piperidine rings is 1. The summed E-state index contributed by atoms with van der Waals surface area (Å²) in [5.74, 6) is 1.55. The number of methoxy groups -OCH3 is 1. The van der Waals surface area contributed by atoms with E-state index in [0.717, 1.165) is 48.3 Å². The van der Waals surface area contributed by atoms with Gasteiger partial charge in [-0.25, -0.2) is 0 Å². The first-order valence-electron chi connectivity index (χ1n) is 11.6. The lowest BCUT2D eigenvalue weighted by Crippen LogP contribution is -2.56. The fourth-order valence-corrected chi connectivity index (χ4v) is 5.30. The van der Waals surface area contributed by atoms with Gasteiger partial charge < -0.3 is 19.5 Å². The summed E-state index contributed by atoms with van der Waals surface area (Å²) in [6, 6.07) is 15.4. The molecule has 0 bridgehead atoms. The summed E-state index contributed by atoms with van der Waals surface area (Å²) in [6.45, 7) is 3.06. The molecule has 0 unspecified atom stereocenters. The third kappa shape index (κ3) is 4.53. The van der Waals surface area contributed by atoms with Gasteiger partial charge in [-0.1, -0.05) is 43.2 Å². The lowest BCUT2D eigenvalue weighted by atomic mass is 9.66. The maximum Gasteiger partial charge on any atom is 0.247 e. The number of likely N-dealkylation sites (tertiary alicyclic amines) is 1. The highest BCUT2D eigenvalue weighted by Crippen LogP contribution is 2.50. The third-order valence-corrected chi connectivity index (χ3v) is 6.92. The zero-order valence-electron chi connectivity index (χ0n) is 19.0. The molecule has 3 atom stereocenters. The van der Waals surface area contributed by atoms with Crippen LogP contribution in [0.5, 0.6) is 11.5 Å². The van der Waals surface area contributed by atoms with Gasteiger partial charge >= 0.3 is 0 Å². The van der Waals surface area contributed by atoms with Crippen LogP contribution in [0.4, 0.5) is 0 Å². The van der Waals surface area contributed by atoms with Gasteiger partial charge in [0.15, 0.2) is 0 Å². The molecule has 0 radical (unpaired) electrons. The van der Waals surface area contributed by atoms with Crippen molar-refractivity contribution in [2.24, 2.45) is 5.92 Å². The molecule has 1 aliphatic heterocycles. The topological polar surface area (TPSA) is 59.0 Å². The Kier molecular flexibility index (Phi) is 6.85. The van der Waals surface area contributed by atoms with Gasteiger partial charge in [0.25, 0.3) is 0 Å². The van der Waals surface area contributed by atoms with E-state index in [1.807, 2.05) is 66.4 Å². The number of hydrogen-bond donors (Lipinski definition) is 1. The van der Waals surface area contributed by atoms with E-state index in [1.54, 1.807) is 13.2 Å². The van der Waals surface area contributed by atoms with Crippen molar-refractivity contribution < 1.29 is 19.4 Å². The Bertz CT molecular complexity index is 954. The first-order valence-corrected chi connectivity index (χ1v) is 11.6. The highest BCUT2D eigenvalue weighted by atomic mass is 16.5. The summed E-state index contributed by atoms with van der Waals surface area (Å²) < 4.78 is 11.1. The van der Waals surface area contributed by atoms with Crippen LogP contribution >= 0.6 is 0 Å². The molecule has 1 aliphatic carbocycles. The maximum absolute atomic E-state index is 13.4. The molecule has 1 amide bonds. The number of amides is 1. The molecule has 170 valence electrons. The van der Waals surface area contributed by atoms with Crippen molar-refractivity contribution in [2.45, 2.75) is 50.7 Å². The van der Waals surface area contributed by atoms with E-state index in [2.05, 4.69) is 0 Å². The second-order valence-corrected chi connectivity index (χ2v) is 8.76. The summed E-state index contributed by atoms with van der Waals surface area (Å²) in [5, 5.41) is 11.5. The zero-order chi connectivity index (χ0) is 22.6. The zero-order valence-corrected chi connectivity index (χ0v) is 19.0. The fraction of sp³-hybridized carbons (Fsp3) is 0.444. The average molecular weight is 436 g/mol. The van der Waals surface area contributed by atoms with Crippen LogP contribution < -0.4 is 9.47 Å². The molecular formula is C27H33NO4. The van der Waals surface area contributed by atoms with E-state index in [4.69, 9.17) is 9.47 Å². The molecule has 1 saturated heterocycles. The second kappa shape index (κ2) is 9.78. The molecule has 2 aliphatic rings. The first kappa shape index (κ1) is 22.4. The van der Waals surface area contributed by atoms with E-state index < -0.39 is 5.60 Å². The minimum Gasteiger partial charge on any atom is -0.497 e. The van der Waals surface area contributed by atoms with Crippen molar-refractivity contribution >= 4 is 12.0 Å². The molecule has 5 nitrogen and oxygen atoms in total. The minimum atomic E-state index is -0.723. The number of rotatable bonds is 6. The smallest absolute Gasteiger partial charge is 0.247 e. The minimum absolute atomic E-state index is 0.00458. The quantitative estimate of drug-likeness (QED) is 0.649. The summed E-state index contributed by atoms with van der Waals surface area (Å²) in [6.07, 6.45) is 7.93. The van der Waals surface area contributed by atoms with Crippen molar-refractivity contribution in [1.82, 2.24) is 4.90 Å². The van der Waals surface area contributed by atoms with Gasteiger partial charge in [0, 0.05) is 24.1 Å². The number of aliphatic hydroxyl groups is 1. The molecule has 2 fully saturated rings. The standard InChI is InChI=1S/C27H33NO4/c1-3-32-24-10-5-4-8-22(24)26-23-9-6-7-17-27(23,30)18-19-28(26)25(29)16-13-20-11-14-21(31-2)15-12-20/h4-5,8,10-16,23,26,30H,3,6-7,9,17-19H2,1-2H3/b16-13+/t23-,26+,27+/m0/s1. The largest absolute Gasteiger partial charge is 0.497 e. The molecule has 0 aromatic heterocycles. The van der Waals surface area contributed by atoms with E-state index in [0.29, 0.717) is 19.6 Å². The maximum atomic E-state index is 13.4. The van der Waals surface area contributed by atoms with Gasteiger partial charge in [0.05, 0.1) is 25.4 Å². The Morgan fingerprint density at radius 1 is 1.16 bits per heavy atom. The summed E-state index contributed by atoms with van der Waals surface area (Å²) in [7, 11) is 1.64. The molecule has 0 spiro atoms. The van der Waals surface area contributed by atoms with Crippen LogP contribution in [-0.4, -0.2) is 41.8 Å². The van der Waals surface area contributed by atoms with Gasteiger partial charge in [0.1, 0.15) is 11.5 Å². The predicted molar refractivity (Wildman–Crippen MR) is 126 cm³/mol. The molecule has 2 aromatic rings. The van der Waals surface area contributed by atoms with Crippen LogP contribution in [0.1, 0.15) is 56.2 Å². The first-order chi connectivity index (χ1) is 15.6. The lowest BCUT2D eigenvalue weighted by molar-refractivity contribution is -0.151.